The predicted molar refractivity (Wildman–Crippen MR) is 103 cm³/mol. The highest BCUT2D eigenvalue weighted by Crippen LogP contribution is 2.44. The van der Waals surface area contributed by atoms with Crippen molar-refractivity contribution in [1.82, 2.24) is 0 Å². The summed E-state index contributed by atoms with van der Waals surface area (Å²) in [5.74, 6) is -1.26. The van der Waals surface area contributed by atoms with E-state index in [4.69, 9.17) is 0 Å². The molecule has 0 bridgehead atoms. The van der Waals surface area contributed by atoms with Gasteiger partial charge in [0.15, 0.2) is 0 Å². The van der Waals surface area contributed by atoms with Crippen LogP contribution in [-0.4, -0.2) is 23.0 Å². The molecule has 1 aliphatic rings. The zero-order valence-electron chi connectivity index (χ0n) is 14.7. The summed E-state index contributed by atoms with van der Waals surface area (Å²) in [5, 5.41) is 17.4. The number of carboxylic acid groups (broad SMARTS) is 1. The summed E-state index contributed by atoms with van der Waals surface area (Å²) in [7, 11) is 0. The van der Waals surface area contributed by atoms with E-state index in [1.807, 2.05) is 18.2 Å². The van der Waals surface area contributed by atoms with E-state index >= 15 is 0 Å². The number of carbonyl (C=O) groups is 3. The lowest BCUT2D eigenvalue weighted by atomic mass is 9.66. The lowest BCUT2D eigenvalue weighted by Crippen LogP contribution is -2.41. The van der Waals surface area contributed by atoms with E-state index in [0.717, 1.165) is 6.42 Å². The number of para-hydroxylation sites is 1. The lowest BCUT2D eigenvalue weighted by Gasteiger charge is -2.36. The van der Waals surface area contributed by atoms with Crippen molar-refractivity contribution in [3.63, 3.8) is 0 Å². The molecule has 0 unspecified atom stereocenters. The van der Waals surface area contributed by atoms with Gasteiger partial charge in [-0.25, -0.2) is 4.79 Å². The highest BCUT2D eigenvalue weighted by atomic mass is 16.4. The zero-order valence-corrected chi connectivity index (χ0v) is 14.7. The van der Waals surface area contributed by atoms with Crippen molar-refractivity contribution in [2.75, 3.05) is 16.0 Å². The number of rotatable bonds is 6. The van der Waals surface area contributed by atoms with Crippen LogP contribution >= 0.6 is 0 Å². The Balaban J connectivity index is 1.57. The molecule has 0 aromatic heterocycles. The Morgan fingerprint density at radius 1 is 0.852 bits per heavy atom. The first-order valence-electron chi connectivity index (χ1n) is 8.73. The van der Waals surface area contributed by atoms with Crippen molar-refractivity contribution in [2.45, 2.75) is 25.7 Å². The highest BCUT2D eigenvalue weighted by Gasteiger charge is 2.45. The maximum atomic E-state index is 12.2. The Bertz CT molecular complexity index is 847. The average molecular weight is 367 g/mol. The van der Waals surface area contributed by atoms with Crippen LogP contribution in [0.2, 0.25) is 0 Å². The molecule has 0 aliphatic heterocycles. The number of nitrogens with one attached hydrogen (secondary N) is 3. The molecule has 7 heteroatoms. The largest absolute Gasteiger partial charge is 0.481 e. The van der Waals surface area contributed by atoms with Gasteiger partial charge in [0, 0.05) is 23.5 Å². The van der Waals surface area contributed by atoms with E-state index in [-0.39, 0.29) is 12.3 Å². The van der Waals surface area contributed by atoms with Crippen LogP contribution in [0.15, 0.2) is 54.6 Å². The number of carbonyl (C=O) groups excluding carboxylic acids is 2. The summed E-state index contributed by atoms with van der Waals surface area (Å²) in [6.07, 6.45) is 1.83. The third kappa shape index (κ3) is 4.63. The van der Waals surface area contributed by atoms with E-state index in [2.05, 4.69) is 16.0 Å². The molecule has 2 aromatic rings. The van der Waals surface area contributed by atoms with Crippen LogP contribution < -0.4 is 16.0 Å². The van der Waals surface area contributed by atoms with E-state index in [9.17, 15) is 19.5 Å². The van der Waals surface area contributed by atoms with E-state index < -0.39 is 17.4 Å². The van der Waals surface area contributed by atoms with Gasteiger partial charge in [0.25, 0.3) is 0 Å². The Labute approximate surface area is 156 Å². The molecular formula is C20H21N3O4. The summed E-state index contributed by atoms with van der Waals surface area (Å²) in [5.41, 5.74) is 0.740. The van der Waals surface area contributed by atoms with Crippen molar-refractivity contribution in [1.29, 1.82) is 0 Å². The first-order chi connectivity index (χ1) is 13.0. The summed E-state index contributed by atoms with van der Waals surface area (Å²) in [4.78, 5) is 35.7. The van der Waals surface area contributed by atoms with E-state index in [1.54, 1.807) is 36.4 Å². The molecule has 140 valence electrons. The fourth-order valence-corrected chi connectivity index (χ4v) is 3.07. The maximum absolute atomic E-state index is 12.2. The predicted octanol–water partition coefficient (Wildman–Crippen LogP) is 3.91. The van der Waals surface area contributed by atoms with Crippen LogP contribution in [0.5, 0.6) is 0 Å². The number of anilines is 3. The SMILES string of the molecule is O=C(CC1(C(=O)O)CCC1)Nc1cccc(NC(=O)Nc2ccccc2)c1. The number of carboxylic acids is 1. The minimum atomic E-state index is -0.935. The van der Waals surface area contributed by atoms with Crippen LogP contribution in [0.1, 0.15) is 25.7 Å². The van der Waals surface area contributed by atoms with Gasteiger partial charge in [0.05, 0.1) is 5.41 Å². The highest BCUT2D eigenvalue weighted by molar-refractivity contribution is 6.00. The molecule has 7 nitrogen and oxygen atoms in total. The Kier molecular flexibility index (Phi) is 5.40. The number of hydrogen-bond acceptors (Lipinski definition) is 3. The first kappa shape index (κ1) is 18.4. The molecule has 27 heavy (non-hydrogen) atoms. The van der Waals surface area contributed by atoms with Crippen molar-refractivity contribution >= 4 is 35.0 Å². The number of amides is 3. The molecule has 0 atom stereocenters. The quantitative estimate of drug-likeness (QED) is 0.621. The van der Waals surface area contributed by atoms with Crippen molar-refractivity contribution in [3.8, 4) is 0 Å². The molecule has 3 amide bonds. The minimum Gasteiger partial charge on any atom is -0.481 e. The second-order valence-corrected chi connectivity index (χ2v) is 6.69. The van der Waals surface area contributed by atoms with Gasteiger partial charge in [0.2, 0.25) is 5.91 Å². The molecule has 1 aliphatic carbocycles. The Morgan fingerprint density at radius 3 is 2.04 bits per heavy atom. The van der Waals surface area contributed by atoms with Crippen molar-refractivity contribution < 1.29 is 19.5 Å². The minimum absolute atomic E-state index is 0.0471. The molecule has 0 saturated heterocycles. The summed E-state index contributed by atoms with van der Waals surface area (Å²) in [6, 6.07) is 15.3. The van der Waals surface area contributed by atoms with Crippen LogP contribution in [0.25, 0.3) is 0 Å². The van der Waals surface area contributed by atoms with E-state index in [0.29, 0.717) is 29.9 Å². The van der Waals surface area contributed by atoms with Crippen LogP contribution in [-0.2, 0) is 9.59 Å². The number of benzene rings is 2. The smallest absolute Gasteiger partial charge is 0.323 e. The van der Waals surface area contributed by atoms with Crippen molar-refractivity contribution in [2.24, 2.45) is 5.41 Å². The number of urea groups is 1. The Morgan fingerprint density at radius 2 is 1.44 bits per heavy atom. The Hall–Kier alpha value is -3.35. The van der Waals surface area contributed by atoms with Gasteiger partial charge < -0.3 is 21.1 Å². The number of aliphatic carboxylic acids is 1. The monoisotopic (exact) mass is 367 g/mol. The third-order valence-corrected chi connectivity index (χ3v) is 4.70. The van der Waals surface area contributed by atoms with Gasteiger partial charge in [-0.05, 0) is 43.2 Å². The third-order valence-electron chi connectivity index (χ3n) is 4.70. The molecule has 2 aromatic carbocycles. The molecule has 0 radical (unpaired) electrons. The summed E-state index contributed by atoms with van der Waals surface area (Å²) in [6.45, 7) is 0. The summed E-state index contributed by atoms with van der Waals surface area (Å²) >= 11 is 0. The molecule has 1 saturated carbocycles. The van der Waals surface area contributed by atoms with Crippen molar-refractivity contribution in [3.05, 3.63) is 54.6 Å². The molecule has 0 spiro atoms. The zero-order chi connectivity index (χ0) is 19.3. The molecule has 3 rings (SSSR count). The fraction of sp³-hybridized carbons (Fsp3) is 0.250. The van der Waals surface area contributed by atoms with Gasteiger partial charge in [0.1, 0.15) is 0 Å². The molecule has 1 fully saturated rings. The molecule has 0 heterocycles. The topological polar surface area (TPSA) is 108 Å². The van der Waals surface area contributed by atoms with Gasteiger partial charge >= 0.3 is 12.0 Å². The second kappa shape index (κ2) is 7.90. The van der Waals surface area contributed by atoms with E-state index in [1.165, 1.54) is 0 Å². The first-order valence-corrected chi connectivity index (χ1v) is 8.73. The second-order valence-electron chi connectivity index (χ2n) is 6.69. The molecular weight excluding hydrogens is 346 g/mol. The standard InChI is InChI=1S/C20H21N3O4/c24-17(13-20(18(25)26)10-5-11-20)21-15-8-4-9-16(12-15)23-19(27)22-14-6-2-1-3-7-14/h1-4,6-9,12H,5,10-11,13H2,(H,21,24)(H,25,26)(H2,22,23,27). The lowest BCUT2D eigenvalue weighted by molar-refractivity contribution is -0.157. The van der Waals surface area contributed by atoms with Crippen LogP contribution in [0, 0.1) is 5.41 Å². The van der Waals surface area contributed by atoms with Gasteiger partial charge in [-0.3, -0.25) is 9.59 Å². The van der Waals surface area contributed by atoms with Gasteiger partial charge in [-0.2, -0.15) is 0 Å². The average Bonchev–Trinajstić information content (AvgIpc) is 2.59. The number of hydrogen-bond donors (Lipinski definition) is 4. The van der Waals surface area contributed by atoms with Gasteiger partial charge in [-0.15, -0.1) is 0 Å². The fourth-order valence-electron chi connectivity index (χ4n) is 3.07. The van der Waals surface area contributed by atoms with Crippen LogP contribution in [0.4, 0.5) is 21.9 Å². The summed E-state index contributed by atoms with van der Waals surface area (Å²) < 4.78 is 0. The van der Waals surface area contributed by atoms with Gasteiger partial charge in [-0.1, -0.05) is 30.7 Å². The maximum Gasteiger partial charge on any atom is 0.323 e. The normalized spacial score (nSPS) is 14.5. The molecule has 4 N–H and O–H groups in total. The van der Waals surface area contributed by atoms with Crippen LogP contribution in [0.3, 0.4) is 0 Å².